The Kier molecular flexibility index (Phi) is 5.58. The fourth-order valence-electron chi connectivity index (χ4n) is 3.33. The van der Waals surface area contributed by atoms with Gasteiger partial charge in [0.2, 0.25) is 5.91 Å². The van der Waals surface area contributed by atoms with Crippen LogP contribution in [0.3, 0.4) is 0 Å². The number of ether oxygens (including phenoxy) is 1. The maximum absolute atomic E-state index is 12.4. The van der Waals surface area contributed by atoms with E-state index < -0.39 is 6.10 Å². The predicted molar refractivity (Wildman–Crippen MR) is 83.6 cm³/mol. The molecule has 0 bridgehead atoms. The SMILES string of the molecule is CO[C@@H]1CCC[C@@H](N(C)C(=O)CCc2c(C)n[nH]c2C)[C@H]1O. The smallest absolute Gasteiger partial charge is 0.222 e. The first kappa shape index (κ1) is 17.0. The minimum absolute atomic E-state index is 0.0563. The number of amides is 1. The highest BCUT2D eigenvalue weighted by atomic mass is 16.5. The summed E-state index contributed by atoms with van der Waals surface area (Å²) in [5.41, 5.74) is 3.08. The summed E-state index contributed by atoms with van der Waals surface area (Å²) in [5, 5.41) is 17.5. The zero-order chi connectivity index (χ0) is 16.3. The monoisotopic (exact) mass is 309 g/mol. The number of aromatic amines is 1. The molecule has 22 heavy (non-hydrogen) atoms. The van der Waals surface area contributed by atoms with E-state index >= 15 is 0 Å². The van der Waals surface area contributed by atoms with Gasteiger partial charge < -0.3 is 14.7 Å². The molecule has 0 aromatic carbocycles. The third kappa shape index (κ3) is 3.50. The van der Waals surface area contributed by atoms with E-state index in [0.29, 0.717) is 12.8 Å². The van der Waals surface area contributed by atoms with Crippen molar-refractivity contribution in [2.24, 2.45) is 0 Å². The number of hydrogen-bond donors (Lipinski definition) is 2. The number of nitrogens with zero attached hydrogens (tertiary/aromatic N) is 2. The first-order chi connectivity index (χ1) is 10.5. The number of aliphatic hydroxyl groups excluding tert-OH is 1. The van der Waals surface area contributed by atoms with Gasteiger partial charge in [0.1, 0.15) is 6.10 Å². The minimum atomic E-state index is -0.606. The summed E-state index contributed by atoms with van der Waals surface area (Å²) in [6.07, 6.45) is 2.97. The molecule has 1 saturated carbocycles. The number of rotatable bonds is 5. The van der Waals surface area contributed by atoms with Crippen molar-refractivity contribution in [3.05, 3.63) is 17.0 Å². The lowest BCUT2D eigenvalue weighted by molar-refractivity contribution is -0.140. The fourth-order valence-corrected chi connectivity index (χ4v) is 3.33. The van der Waals surface area contributed by atoms with Crippen LogP contribution in [0.25, 0.3) is 0 Å². The van der Waals surface area contributed by atoms with Crippen molar-refractivity contribution in [3.8, 4) is 0 Å². The van der Waals surface area contributed by atoms with Gasteiger partial charge in [-0.15, -0.1) is 0 Å². The van der Waals surface area contributed by atoms with Crippen LogP contribution in [0.4, 0.5) is 0 Å². The quantitative estimate of drug-likeness (QED) is 0.860. The van der Waals surface area contributed by atoms with Crippen LogP contribution in [0.2, 0.25) is 0 Å². The molecule has 1 amide bonds. The van der Waals surface area contributed by atoms with Gasteiger partial charge in [0.15, 0.2) is 0 Å². The van der Waals surface area contributed by atoms with Crippen molar-refractivity contribution in [1.29, 1.82) is 0 Å². The van der Waals surface area contributed by atoms with Crippen LogP contribution in [0.1, 0.15) is 42.6 Å². The van der Waals surface area contributed by atoms with Crippen molar-refractivity contribution in [2.45, 2.75) is 64.2 Å². The molecule has 0 saturated heterocycles. The van der Waals surface area contributed by atoms with Crippen molar-refractivity contribution >= 4 is 5.91 Å². The largest absolute Gasteiger partial charge is 0.388 e. The number of H-pyrrole nitrogens is 1. The topological polar surface area (TPSA) is 78.5 Å². The molecule has 1 aliphatic carbocycles. The van der Waals surface area contributed by atoms with Crippen LogP contribution in [0, 0.1) is 13.8 Å². The van der Waals surface area contributed by atoms with Crippen molar-refractivity contribution < 1.29 is 14.6 Å². The van der Waals surface area contributed by atoms with E-state index in [2.05, 4.69) is 10.2 Å². The Bertz CT molecular complexity index is 495. The highest BCUT2D eigenvalue weighted by Crippen LogP contribution is 2.25. The Balaban J connectivity index is 1.94. The zero-order valence-electron chi connectivity index (χ0n) is 13.9. The van der Waals surface area contributed by atoms with E-state index in [4.69, 9.17) is 4.74 Å². The molecule has 3 atom stereocenters. The first-order valence-electron chi connectivity index (χ1n) is 7.92. The van der Waals surface area contributed by atoms with Gasteiger partial charge in [-0.2, -0.15) is 5.10 Å². The fraction of sp³-hybridized carbons (Fsp3) is 0.750. The predicted octanol–water partition coefficient (Wildman–Crippen LogP) is 1.35. The van der Waals surface area contributed by atoms with E-state index in [0.717, 1.165) is 36.2 Å². The number of aliphatic hydroxyl groups is 1. The molecule has 1 aromatic rings. The molecule has 0 aliphatic heterocycles. The lowest BCUT2D eigenvalue weighted by Gasteiger charge is -2.39. The molecule has 0 unspecified atom stereocenters. The van der Waals surface area contributed by atoms with Gasteiger partial charge in [0.05, 0.1) is 17.8 Å². The van der Waals surface area contributed by atoms with E-state index in [1.807, 2.05) is 13.8 Å². The summed E-state index contributed by atoms with van der Waals surface area (Å²) in [6, 6.07) is -0.155. The standard InChI is InChI=1S/C16H27N3O3/c1-10-12(11(2)18-17-10)8-9-15(20)19(3)13-6-5-7-14(22-4)16(13)21/h13-14,16,21H,5-9H2,1-4H3,(H,17,18)/t13-,14-,16-/m1/s1. The highest BCUT2D eigenvalue weighted by molar-refractivity contribution is 5.76. The van der Waals surface area contributed by atoms with Crippen LogP contribution in [0.15, 0.2) is 0 Å². The van der Waals surface area contributed by atoms with Crippen molar-refractivity contribution in [2.75, 3.05) is 14.2 Å². The van der Waals surface area contributed by atoms with Gasteiger partial charge in [-0.25, -0.2) is 0 Å². The molecule has 2 rings (SSSR count). The molecule has 1 fully saturated rings. The summed E-state index contributed by atoms with van der Waals surface area (Å²) in [5.74, 6) is 0.0563. The summed E-state index contributed by atoms with van der Waals surface area (Å²) >= 11 is 0. The molecule has 0 spiro atoms. The Morgan fingerprint density at radius 2 is 2.18 bits per heavy atom. The van der Waals surface area contributed by atoms with Gasteiger partial charge >= 0.3 is 0 Å². The second-order valence-electron chi connectivity index (χ2n) is 6.18. The van der Waals surface area contributed by atoms with Gasteiger partial charge in [0.25, 0.3) is 0 Å². The molecule has 124 valence electrons. The molecule has 1 aromatic heterocycles. The molecule has 0 radical (unpaired) electrons. The first-order valence-corrected chi connectivity index (χ1v) is 7.92. The van der Waals surface area contributed by atoms with Gasteiger partial charge in [0, 0.05) is 26.3 Å². The molecule has 2 N–H and O–H groups in total. The average Bonchev–Trinajstić information content (AvgIpc) is 2.83. The van der Waals surface area contributed by atoms with E-state index in [1.165, 1.54) is 0 Å². The molecular formula is C16H27N3O3. The summed E-state index contributed by atoms with van der Waals surface area (Å²) in [6.45, 7) is 3.92. The molecule has 6 nitrogen and oxygen atoms in total. The zero-order valence-corrected chi connectivity index (χ0v) is 13.9. The minimum Gasteiger partial charge on any atom is -0.388 e. The number of likely N-dealkylation sites (N-methyl/N-ethyl adjacent to an activating group) is 1. The Hall–Kier alpha value is -1.40. The Morgan fingerprint density at radius 1 is 1.45 bits per heavy atom. The normalized spacial score (nSPS) is 25.2. The number of carbonyl (C=O) groups excluding carboxylic acids is 1. The van der Waals surface area contributed by atoms with E-state index in [9.17, 15) is 9.90 Å². The molecular weight excluding hydrogens is 282 g/mol. The number of methoxy groups -OCH3 is 1. The summed E-state index contributed by atoms with van der Waals surface area (Å²) < 4.78 is 5.31. The maximum atomic E-state index is 12.4. The number of hydrogen-bond acceptors (Lipinski definition) is 4. The summed E-state index contributed by atoms with van der Waals surface area (Å²) in [4.78, 5) is 14.1. The van der Waals surface area contributed by atoms with Gasteiger partial charge in [-0.3, -0.25) is 9.89 Å². The second kappa shape index (κ2) is 7.24. The molecule has 6 heteroatoms. The number of carbonyl (C=O) groups is 1. The average molecular weight is 309 g/mol. The van der Waals surface area contributed by atoms with Gasteiger partial charge in [-0.05, 0) is 45.1 Å². The maximum Gasteiger partial charge on any atom is 0.222 e. The van der Waals surface area contributed by atoms with Crippen LogP contribution < -0.4 is 0 Å². The molecule has 1 aliphatic rings. The van der Waals surface area contributed by atoms with Crippen molar-refractivity contribution in [3.63, 3.8) is 0 Å². The third-order valence-corrected chi connectivity index (χ3v) is 4.83. The summed E-state index contributed by atoms with van der Waals surface area (Å²) in [7, 11) is 3.39. The van der Waals surface area contributed by atoms with E-state index in [-0.39, 0.29) is 18.1 Å². The highest BCUT2D eigenvalue weighted by Gasteiger charge is 2.35. The van der Waals surface area contributed by atoms with Crippen LogP contribution >= 0.6 is 0 Å². The van der Waals surface area contributed by atoms with Crippen LogP contribution in [0.5, 0.6) is 0 Å². The lowest BCUT2D eigenvalue weighted by Crippen LogP contribution is -2.52. The van der Waals surface area contributed by atoms with Crippen molar-refractivity contribution in [1.82, 2.24) is 15.1 Å². The van der Waals surface area contributed by atoms with Crippen LogP contribution in [-0.4, -0.2) is 58.5 Å². The number of aryl methyl sites for hydroxylation is 2. The van der Waals surface area contributed by atoms with E-state index in [1.54, 1.807) is 19.1 Å². The Labute approximate surface area is 131 Å². The third-order valence-electron chi connectivity index (χ3n) is 4.83. The number of aromatic nitrogens is 2. The molecule has 1 heterocycles. The Morgan fingerprint density at radius 3 is 2.77 bits per heavy atom. The van der Waals surface area contributed by atoms with Crippen LogP contribution in [-0.2, 0) is 16.0 Å². The van der Waals surface area contributed by atoms with Gasteiger partial charge in [-0.1, -0.05) is 0 Å². The second-order valence-corrected chi connectivity index (χ2v) is 6.18. The lowest BCUT2D eigenvalue weighted by atomic mass is 9.88. The number of nitrogens with one attached hydrogen (secondary N) is 1.